The van der Waals surface area contributed by atoms with Gasteiger partial charge in [-0.3, -0.25) is 9.59 Å². The molecular weight excluding hydrogens is 470 g/mol. The predicted octanol–water partition coefficient (Wildman–Crippen LogP) is 2.77. The van der Waals surface area contributed by atoms with E-state index in [1.807, 2.05) is 4.90 Å². The Morgan fingerprint density at radius 2 is 2.03 bits per heavy atom. The van der Waals surface area contributed by atoms with Gasteiger partial charge in [-0.25, -0.2) is 13.8 Å². The van der Waals surface area contributed by atoms with E-state index >= 15 is 4.39 Å². The smallest absolute Gasteiger partial charge is 0.255 e. The van der Waals surface area contributed by atoms with Crippen molar-refractivity contribution in [2.75, 3.05) is 54.9 Å². The average Bonchev–Trinajstić information content (AvgIpc) is 3.29. The van der Waals surface area contributed by atoms with Crippen LogP contribution >= 0.6 is 0 Å². The Bertz CT molecular complexity index is 1200. The number of rotatable bonds is 6. The number of carbonyl (C=O) groups is 2. The number of pyridine rings is 1. The van der Waals surface area contributed by atoms with Crippen LogP contribution in [-0.2, 0) is 16.1 Å². The molecule has 2 amide bonds. The molecular formula is C25H28F2N6O3. The van der Waals surface area contributed by atoms with Crippen molar-refractivity contribution in [3.05, 3.63) is 53.6 Å². The third-order valence-electron chi connectivity index (χ3n) is 6.70. The van der Waals surface area contributed by atoms with Crippen LogP contribution in [0.15, 0.2) is 30.9 Å². The van der Waals surface area contributed by atoms with Gasteiger partial charge in [-0.15, -0.1) is 0 Å². The van der Waals surface area contributed by atoms with Crippen LogP contribution in [0.5, 0.6) is 0 Å². The number of benzene rings is 1. The van der Waals surface area contributed by atoms with Crippen molar-refractivity contribution in [3.63, 3.8) is 0 Å². The van der Waals surface area contributed by atoms with Crippen LogP contribution in [0, 0.1) is 11.6 Å². The van der Waals surface area contributed by atoms with E-state index in [9.17, 15) is 14.0 Å². The lowest BCUT2D eigenvalue weighted by Crippen LogP contribution is -2.44. The average molecular weight is 499 g/mol. The summed E-state index contributed by atoms with van der Waals surface area (Å²) in [5.74, 6) is -1.54. The second-order valence-electron chi connectivity index (χ2n) is 9.02. The molecule has 1 aromatic heterocycles. The minimum Gasteiger partial charge on any atom is -0.378 e. The number of fused-ring (bicyclic) bond motifs is 1. The minimum absolute atomic E-state index is 0.0175. The molecule has 11 heteroatoms. The first-order chi connectivity index (χ1) is 17.4. The summed E-state index contributed by atoms with van der Waals surface area (Å²) >= 11 is 0. The zero-order chi connectivity index (χ0) is 25.2. The van der Waals surface area contributed by atoms with E-state index < -0.39 is 17.5 Å². The van der Waals surface area contributed by atoms with Crippen LogP contribution in [0.3, 0.4) is 0 Å². The number of hydrogen-bond acceptors (Lipinski definition) is 7. The van der Waals surface area contributed by atoms with Gasteiger partial charge in [-0.1, -0.05) is 6.58 Å². The van der Waals surface area contributed by atoms with Gasteiger partial charge in [0.1, 0.15) is 11.6 Å². The molecule has 0 bridgehead atoms. The number of likely N-dealkylation sites (tertiary alicyclic amines) is 1. The zero-order valence-corrected chi connectivity index (χ0v) is 19.8. The third-order valence-corrected chi connectivity index (χ3v) is 6.70. The lowest BCUT2D eigenvalue weighted by molar-refractivity contribution is -0.127. The molecule has 1 unspecified atom stereocenters. The molecule has 4 heterocycles. The van der Waals surface area contributed by atoms with Crippen molar-refractivity contribution in [2.45, 2.75) is 25.4 Å². The van der Waals surface area contributed by atoms with Crippen molar-refractivity contribution >= 4 is 34.8 Å². The fraction of sp³-hybridized carbons (Fsp3) is 0.400. The number of morpholine rings is 1. The summed E-state index contributed by atoms with van der Waals surface area (Å²) in [5.41, 5.74) is 1.15. The van der Waals surface area contributed by atoms with Crippen molar-refractivity contribution in [1.29, 1.82) is 0 Å². The summed E-state index contributed by atoms with van der Waals surface area (Å²) in [6, 6.07) is 4.48. The monoisotopic (exact) mass is 498 g/mol. The number of halogens is 2. The van der Waals surface area contributed by atoms with E-state index in [0.29, 0.717) is 50.8 Å². The maximum atomic E-state index is 15.3. The highest BCUT2D eigenvalue weighted by molar-refractivity contribution is 6.03. The summed E-state index contributed by atoms with van der Waals surface area (Å²) in [6.07, 6.45) is 2.75. The largest absolute Gasteiger partial charge is 0.378 e. The normalized spacial score (nSPS) is 19.5. The van der Waals surface area contributed by atoms with Crippen LogP contribution in [0.4, 0.5) is 31.8 Å². The van der Waals surface area contributed by atoms with E-state index in [1.54, 1.807) is 17.0 Å². The molecule has 1 atom stereocenters. The maximum absolute atomic E-state index is 15.3. The first-order valence-corrected chi connectivity index (χ1v) is 12.0. The highest BCUT2D eigenvalue weighted by Crippen LogP contribution is 2.33. The number of piperidine rings is 1. The Morgan fingerprint density at radius 3 is 2.78 bits per heavy atom. The summed E-state index contributed by atoms with van der Waals surface area (Å²) in [7, 11) is 0. The number of hydrogen-bond donors (Lipinski definition) is 3. The lowest BCUT2D eigenvalue weighted by atomic mass is 10.0. The molecule has 2 aromatic rings. The molecule has 3 aliphatic rings. The van der Waals surface area contributed by atoms with Gasteiger partial charge in [0.25, 0.3) is 5.91 Å². The number of nitrogens with zero attached hydrogens (tertiary/aromatic N) is 3. The third kappa shape index (κ3) is 4.70. The van der Waals surface area contributed by atoms with Gasteiger partial charge in [0, 0.05) is 50.0 Å². The number of amides is 2. The minimum atomic E-state index is -0.616. The molecule has 0 saturated carbocycles. The highest BCUT2D eigenvalue weighted by atomic mass is 19.1. The Hall–Kier alpha value is -3.73. The molecule has 1 aromatic carbocycles. The van der Waals surface area contributed by atoms with Gasteiger partial charge in [-0.2, -0.15) is 0 Å². The fourth-order valence-corrected chi connectivity index (χ4v) is 4.87. The van der Waals surface area contributed by atoms with Gasteiger partial charge >= 0.3 is 0 Å². The van der Waals surface area contributed by atoms with Gasteiger partial charge < -0.3 is 30.5 Å². The second-order valence-corrected chi connectivity index (χ2v) is 9.02. The first kappa shape index (κ1) is 24.0. The van der Waals surface area contributed by atoms with Gasteiger partial charge in [-0.05, 0) is 37.1 Å². The molecule has 3 aliphatic heterocycles. The van der Waals surface area contributed by atoms with Crippen molar-refractivity contribution in [3.8, 4) is 0 Å². The predicted molar refractivity (Wildman–Crippen MR) is 132 cm³/mol. The Kier molecular flexibility index (Phi) is 6.73. The van der Waals surface area contributed by atoms with Crippen molar-refractivity contribution in [2.24, 2.45) is 0 Å². The number of aromatic nitrogens is 1. The van der Waals surface area contributed by atoms with Crippen LogP contribution in [0.25, 0.3) is 0 Å². The lowest BCUT2D eigenvalue weighted by Gasteiger charge is -2.33. The van der Waals surface area contributed by atoms with Crippen LogP contribution in [0.2, 0.25) is 0 Å². The van der Waals surface area contributed by atoms with Gasteiger partial charge in [0.15, 0.2) is 11.6 Å². The molecule has 9 nitrogen and oxygen atoms in total. The first-order valence-electron chi connectivity index (χ1n) is 12.0. The molecule has 2 fully saturated rings. The highest BCUT2D eigenvalue weighted by Gasteiger charge is 2.31. The van der Waals surface area contributed by atoms with Crippen LogP contribution < -0.4 is 20.9 Å². The standard InChI is InChI=1S/C25H28F2N6O3/c1-2-20(34)33-7-3-4-16(14-33)30-24-22(27)17-13-28-25(35)21(17)23(31-24)29-15-5-6-19(18(26)12-15)32-8-10-36-11-9-32/h2,5-6,12,16H,1,3-4,7-11,13-14H2,(H,28,35)(H2,29,30,31). The Balaban J connectivity index is 1.41. The molecule has 0 spiro atoms. The van der Waals surface area contributed by atoms with Gasteiger partial charge in [0.2, 0.25) is 5.91 Å². The van der Waals surface area contributed by atoms with E-state index in [4.69, 9.17) is 4.74 Å². The second kappa shape index (κ2) is 10.1. The summed E-state index contributed by atoms with van der Waals surface area (Å²) in [5, 5.41) is 8.75. The molecule has 2 saturated heterocycles. The molecule has 36 heavy (non-hydrogen) atoms. The van der Waals surface area contributed by atoms with Crippen molar-refractivity contribution in [1.82, 2.24) is 15.2 Å². The number of ether oxygens (including phenoxy) is 1. The van der Waals surface area contributed by atoms with E-state index in [0.717, 1.165) is 12.8 Å². The molecule has 0 aliphatic carbocycles. The van der Waals surface area contributed by atoms with Crippen LogP contribution in [-0.4, -0.2) is 67.1 Å². The maximum Gasteiger partial charge on any atom is 0.255 e. The van der Waals surface area contributed by atoms with E-state index in [-0.39, 0.29) is 41.3 Å². The zero-order valence-electron chi connectivity index (χ0n) is 19.8. The molecule has 3 N–H and O–H groups in total. The summed E-state index contributed by atoms with van der Waals surface area (Å²) < 4.78 is 35.6. The van der Waals surface area contributed by atoms with Crippen LogP contribution in [0.1, 0.15) is 28.8 Å². The summed E-state index contributed by atoms with van der Waals surface area (Å²) in [6.45, 7) is 6.83. The number of nitrogens with one attached hydrogen (secondary N) is 3. The Morgan fingerprint density at radius 1 is 1.22 bits per heavy atom. The quantitative estimate of drug-likeness (QED) is 0.527. The molecule has 190 valence electrons. The topological polar surface area (TPSA) is 98.8 Å². The summed E-state index contributed by atoms with van der Waals surface area (Å²) in [4.78, 5) is 32.5. The Labute approximate surface area is 207 Å². The van der Waals surface area contributed by atoms with Crippen molar-refractivity contribution < 1.29 is 23.1 Å². The fourth-order valence-electron chi connectivity index (χ4n) is 4.87. The van der Waals surface area contributed by atoms with Gasteiger partial charge in [0.05, 0.1) is 24.5 Å². The van der Waals surface area contributed by atoms with E-state index in [1.165, 1.54) is 12.1 Å². The van der Waals surface area contributed by atoms with E-state index in [2.05, 4.69) is 27.5 Å². The number of anilines is 4. The molecule has 5 rings (SSSR count). The molecule has 0 radical (unpaired) electrons. The number of carbonyl (C=O) groups excluding carboxylic acids is 2. The SMILES string of the molecule is C=CC(=O)N1CCCC(Nc2nc(Nc3ccc(N4CCOCC4)c(F)c3)c3c(c2F)CNC3=O)C1.